The second-order valence-corrected chi connectivity index (χ2v) is 6.22. The zero-order valence-corrected chi connectivity index (χ0v) is 13.8. The molecule has 0 heterocycles. The number of carbonyl (C=O) groups is 2. The van der Waals surface area contributed by atoms with Gasteiger partial charge in [0.25, 0.3) is 0 Å². The summed E-state index contributed by atoms with van der Waals surface area (Å²) < 4.78 is 0.919. The lowest BCUT2D eigenvalue weighted by Crippen LogP contribution is -2.09. The summed E-state index contributed by atoms with van der Waals surface area (Å²) in [4.78, 5) is 26.7. The molecular weight excluding hydrogens is 342 g/mol. The van der Waals surface area contributed by atoms with Crippen LogP contribution in [0.4, 0.5) is 5.69 Å². The maximum absolute atomic E-state index is 12.4. The number of rotatable bonds is 2. The van der Waals surface area contributed by atoms with Crippen LogP contribution in [0.5, 0.6) is 0 Å². The molecule has 0 N–H and O–H groups in total. The van der Waals surface area contributed by atoms with Gasteiger partial charge in [-0.25, -0.2) is 0 Å². The van der Waals surface area contributed by atoms with E-state index >= 15 is 0 Å². The molecule has 0 fully saturated rings. The Morgan fingerprint density at radius 3 is 2.05 bits per heavy atom. The molecule has 0 saturated carbocycles. The maximum atomic E-state index is 12.4. The van der Waals surface area contributed by atoms with Crippen LogP contribution < -0.4 is 4.90 Å². The van der Waals surface area contributed by atoms with Crippen LogP contribution in [0, 0.1) is 0 Å². The number of anilines is 1. The summed E-state index contributed by atoms with van der Waals surface area (Å²) in [7, 11) is 3.91. The average Bonchev–Trinajstić information content (AvgIpc) is 2.73. The Hall–Kier alpha value is -2.20. The molecule has 0 bridgehead atoms. The minimum atomic E-state index is -0.201. The molecule has 2 aromatic rings. The van der Waals surface area contributed by atoms with E-state index in [4.69, 9.17) is 0 Å². The molecule has 2 aromatic carbocycles. The fraction of sp³-hybridized carbons (Fsp3) is 0.111. The van der Waals surface area contributed by atoms with Crippen molar-refractivity contribution in [1.29, 1.82) is 0 Å². The van der Waals surface area contributed by atoms with Crippen LogP contribution in [0.3, 0.4) is 0 Å². The van der Waals surface area contributed by atoms with E-state index in [1.54, 1.807) is 30.3 Å². The van der Waals surface area contributed by atoms with E-state index in [0.717, 1.165) is 15.7 Å². The molecule has 0 aromatic heterocycles. The summed E-state index contributed by atoms with van der Waals surface area (Å²) in [5.41, 5.74) is 3.06. The number of benzene rings is 2. The molecule has 0 radical (unpaired) electrons. The van der Waals surface area contributed by atoms with Gasteiger partial charge >= 0.3 is 0 Å². The second kappa shape index (κ2) is 5.54. The molecule has 0 spiro atoms. The van der Waals surface area contributed by atoms with Crippen LogP contribution >= 0.6 is 15.9 Å². The predicted octanol–water partition coefficient (Wildman–Crippen LogP) is 3.98. The third kappa shape index (κ3) is 2.40. The van der Waals surface area contributed by atoms with Gasteiger partial charge in [-0.05, 0) is 39.7 Å². The molecule has 3 rings (SSSR count). The molecule has 22 heavy (non-hydrogen) atoms. The minimum absolute atomic E-state index is 0.201. The number of ketones is 2. The van der Waals surface area contributed by atoms with Crippen LogP contribution in [-0.2, 0) is 0 Å². The molecule has 1 aliphatic carbocycles. The van der Waals surface area contributed by atoms with Crippen LogP contribution in [0.2, 0.25) is 0 Å². The lowest BCUT2D eigenvalue weighted by atomic mass is 10.1. The Balaban J connectivity index is 2.02. The monoisotopic (exact) mass is 355 g/mol. The molecule has 3 nitrogen and oxygen atoms in total. The lowest BCUT2D eigenvalue weighted by Gasteiger charge is -2.14. The van der Waals surface area contributed by atoms with Gasteiger partial charge in [0.2, 0.25) is 0 Å². The molecule has 0 saturated heterocycles. The maximum Gasteiger partial charge on any atom is 0.197 e. The van der Waals surface area contributed by atoms with Crippen LogP contribution in [0.15, 0.2) is 52.5 Å². The zero-order chi connectivity index (χ0) is 15.9. The van der Waals surface area contributed by atoms with Crippen molar-refractivity contribution in [3.63, 3.8) is 0 Å². The van der Waals surface area contributed by atoms with Gasteiger partial charge in [0.15, 0.2) is 11.6 Å². The Morgan fingerprint density at radius 1 is 0.955 bits per heavy atom. The van der Waals surface area contributed by atoms with E-state index in [2.05, 4.69) is 15.9 Å². The minimum Gasteiger partial charge on any atom is -0.377 e. The van der Waals surface area contributed by atoms with Crippen molar-refractivity contribution in [2.24, 2.45) is 0 Å². The third-order valence-corrected chi connectivity index (χ3v) is 4.31. The number of hydrogen-bond donors (Lipinski definition) is 0. The van der Waals surface area contributed by atoms with E-state index < -0.39 is 0 Å². The first kappa shape index (κ1) is 14.7. The van der Waals surface area contributed by atoms with Crippen molar-refractivity contribution in [3.8, 4) is 0 Å². The van der Waals surface area contributed by atoms with Gasteiger partial charge < -0.3 is 4.90 Å². The average molecular weight is 356 g/mol. The Morgan fingerprint density at radius 2 is 1.55 bits per heavy atom. The van der Waals surface area contributed by atoms with Gasteiger partial charge in [0, 0.05) is 29.7 Å². The Labute approximate surface area is 137 Å². The third-order valence-electron chi connectivity index (χ3n) is 3.67. The van der Waals surface area contributed by atoms with Crippen molar-refractivity contribution in [1.82, 2.24) is 0 Å². The number of nitrogens with zero attached hydrogens (tertiary/aromatic N) is 1. The molecule has 4 heteroatoms. The fourth-order valence-electron chi connectivity index (χ4n) is 2.55. The summed E-state index contributed by atoms with van der Waals surface area (Å²) in [6.45, 7) is 0. The fourth-order valence-corrected chi connectivity index (χ4v) is 3.30. The van der Waals surface area contributed by atoms with Crippen LogP contribution in [-0.4, -0.2) is 25.7 Å². The first-order valence-electron chi connectivity index (χ1n) is 6.86. The van der Waals surface area contributed by atoms with Gasteiger partial charge in [0.05, 0.1) is 11.3 Å². The summed E-state index contributed by atoms with van der Waals surface area (Å²) in [6, 6.07) is 12.7. The van der Waals surface area contributed by atoms with Crippen LogP contribution in [0.25, 0.3) is 6.08 Å². The number of halogens is 1. The van der Waals surface area contributed by atoms with E-state index in [1.807, 2.05) is 37.2 Å². The summed E-state index contributed by atoms with van der Waals surface area (Å²) >= 11 is 3.51. The number of Topliss-reactive ketones (excluding diaryl/α,β-unsaturated/α-hetero) is 2. The summed E-state index contributed by atoms with van der Waals surface area (Å²) in [6.07, 6.45) is 1.66. The van der Waals surface area contributed by atoms with Crippen molar-refractivity contribution >= 4 is 39.3 Å². The van der Waals surface area contributed by atoms with E-state index in [9.17, 15) is 9.59 Å². The van der Waals surface area contributed by atoms with E-state index in [0.29, 0.717) is 11.1 Å². The van der Waals surface area contributed by atoms with E-state index in [1.165, 1.54) is 0 Å². The molecule has 0 amide bonds. The van der Waals surface area contributed by atoms with Crippen molar-refractivity contribution in [2.75, 3.05) is 19.0 Å². The standard InChI is InChI=1S/C18H14BrNO2/c1-20(2)16-8-7-11(10-15(16)19)9-14-17(21)12-5-3-4-6-13(12)18(14)22/h3-10H,1-2H3. The molecular formula is C18H14BrNO2. The highest BCUT2D eigenvalue weighted by atomic mass is 79.9. The van der Waals surface area contributed by atoms with Crippen molar-refractivity contribution in [2.45, 2.75) is 0 Å². The Bertz CT molecular complexity index is 785. The summed E-state index contributed by atoms with van der Waals surface area (Å²) in [5.74, 6) is -0.401. The number of carbonyl (C=O) groups excluding carboxylic acids is 2. The van der Waals surface area contributed by atoms with Crippen LogP contribution in [0.1, 0.15) is 26.3 Å². The SMILES string of the molecule is CN(C)c1ccc(C=C2C(=O)c3ccccc3C2=O)cc1Br. The van der Waals surface area contributed by atoms with Crippen molar-refractivity contribution in [3.05, 3.63) is 69.2 Å². The van der Waals surface area contributed by atoms with Gasteiger partial charge in [-0.2, -0.15) is 0 Å². The zero-order valence-electron chi connectivity index (χ0n) is 12.3. The topological polar surface area (TPSA) is 37.4 Å². The largest absolute Gasteiger partial charge is 0.377 e. The number of fused-ring (bicyclic) bond motifs is 1. The molecule has 1 aliphatic rings. The van der Waals surface area contributed by atoms with Gasteiger partial charge in [0.1, 0.15) is 0 Å². The number of hydrogen-bond acceptors (Lipinski definition) is 3. The molecule has 0 unspecified atom stereocenters. The number of allylic oxidation sites excluding steroid dienone is 1. The quantitative estimate of drug-likeness (QED) is 0.604. The normalized spacial score (nSPS) is 13.3. The first-order valence-corrected chi connectivity index (χ1v) is 7.65. The van der Waals surface area contributed by atoms with E-state index in [-0.39, 0.29) is 17.1 Å². The highest BCUT2D eigenvalue weighted by molar-refractivity contribution is 9.10. The van der Waals surface area contributed by atoms with Gasteiger partial charge in [-0.15, -0.1) is 0 Å². The lowest BCUT2D eigenvalue weighted by molar-refractivity contribution is 0.0990. The molecule has 110 valence electrons. The molecule has 0 atom stereocenters. The van der Waals surface area contributed by atoms with Gasteiger partial charge in [-0.3, -0.25) is 9.59 Å². The second-order valence-electron chi connectivity index (χ2n) is 5.37. The first-order chi connectivity index (χ1) is 10.5. The smallest absolute Gasteiger partial charge is 0.197 e. The molecule has 0 aliphatic heterocycles. The van der Waals surface area contributed by atoms with Crippen molar-refractivity contribution < 1.29 is 9.59 Å². The summed E-state index contributed by atoms with van der Waals surface area (Å²) in [5, 5.41) is 0. The highest BCUT2D eigenvalue weighted by Crippen LogP contribution is 2.30. The highest BCUT2D eigenvalue weighted by Gasteiger charge is 2.32. The Kier molecular flexibility index (Phi) is 3.71. The predicted molar refractivity (Wildman–Crippen MR) is 91.5 cm³/mol. The van der Waals surface area contributed by atoms with Gasteiger partial charge in [-0.1, -0.05) is 30.3 Å².